The van der Waals surface area contributed by atoms with Gasteiger partial charge in [0.1, 0.15) is 22.3 Å². The van der Waals surface area contributed by atoms with Crippen LogP contribution >= 0.6 is 22.9 Å². The van der Waals surface area contributed by atoms with E-state index in [9.17, 15) is 0 Å². The molecule has 2 aromatic heterocycles. The number of aryl methyl sites for hydroxylation is 1. The highest BCUT2D eigenvalue weighted by Gasteiger charge is 2.10. The molecule has 0 aliphatic rings. The second-order valence-electron chi connectivity index (χ2n) is 4.32. The molecule has 102 valence electrons. The first-order valence-corrected chi connectivity index (χ1v) is 7.58. The van der Waals surface area contributed by atoms with Gasteiger partial charge in [-0.05, 0) is 24.6 Å². The molecule has 0 saturated heterocycles. The van der Waals surface area contributed by atoms with Gasteiger partial charge in [0, 0.05) is 10.3 Å². The maximum absolute atomic E-state index is 6.21. The molecule has 1 aromatic carbocycles. The Hall–Kier alpha value is -1.65. The quantitative estimate of drug-likeness (QED) is 0.666. The molecule has 0 spiro atoms. The molecule has 0 atom stereocenters. The fraction of sp³-hybridized carbons (Fsp3) is 0.200. The summed E-state index contributed by atoms with van der Waals surface area (Å²) in [7, 11) is 0. The van der Waals surface area contributed by atoms with Gasteiger partial charge in [-0.25, -0.2) is 9.97 Å². The van der Waals surface area contributed by atoms with Crippen LogP contribution in [0, 0.1) is 0 Å². The minimum atomic E-state index is 0.318. The first-order chi connectivity index (χ1) is 9.76. The standard InChI is InChI=1S/C15H13ClN2OS/c1-2-11-8-12-14(16)17-13(18-15(12)20-11)9-19-10-6-4-3-5-7-10/h3-8H,2,9H2,1H3. The number of hydrogen-bond acceptors (Lipinski definition) is 4. The number of benzene rings is 1. The lowest BCUT2D eigenvalue weighted by atomic mass is 10.3. The Balaban J connectivity index is 1.85. The molecule has 0 aliphatic heterocycles. The maximum atomic E-state index is 6.21. The molecule has 5 heteroatoms. The van der Waals surface area contributed by atoms with E-state index in [0.29, 0.717) is 17.6 Å². The van der Waals surface area contributed by atoms with Crippen molar-refractivity contribution in [2.24, 2.45) is 0 Å². The van der Waals surface area contributed by atoms with Gasteiger partial charge in [-0.1, -0.05) is 36.7 Å². The average molecular weight is 305 g/mol. The zero-order valence-corrected chi connectivity index (χ0v) is 12.5. The van der Waals surface area contributed by atoms with Crippen molar-refractivity contribution >= 4 is 33.2 Å². The summed E-state index contributed by atoms with van der Waals surface area (Å²) in [6.07, 6.45) is 0.979. The van der Waals surface area contributed by atoms with Crippen molar-refractivity contribution in [3.05, 3.63) is 52.3 Å². The summed E-state index contributed by atoms with van der Waals surface area (Å²) in [5, 5.41) is 1.43. The summed E-state index contributed by atoms with van der Waals surface area (Å²) in [4.78, 5) is 11.0. The summed E-state index contributed by atoms with van der Waals surface area (Å²) >= 11 is 7.87. The lowest BCUT2D eigenvalue weighted by molar-refractivity contribution is 0.296. The minimum Gasteiger partial charge on any atom is -0.486 e. The summed E-state index contributed by atoms with van der Waals surface area (Å²) in [5.74, 6) is 1.41. The Morgan fingerprint density at radius 1 is 1.20 bits per heavy atom. The van der Waals surface area contributed by atoms with Crippen LogP contribution in [0.2, 0.25) is 5.15 Å². The van der Waals surface area contributed by atoms with Crippen molar-refractivity contribution in [1.82, 2.24) is 9.97 Å². The highest BCUT2D eigenvalue weighted by Crippen LogP contribution is 2.29. The number of hydrogen-bond donors (Lipinski definition) is 0. The molecule has 0 bridgehead atoms. The number of fused-ring (bicyclic) bond motifs is 1. The third kappa shape index (κ3) is 2.76. The van der Waals surface area contributed by atoms with Crippen molar-refractivity contribution in [2.75, 3.05) is 0 Å². The molecule has 3 rings (SSSR count). The molecular formula is C15H13ClN2OS. The molecule has 3 aromatic rings. The highest BCUT2D eigenvalue weighted by atomic mass is 35.5. The van der Waals surface area contributed by atoms with Crippen LogP contribution < -0.4 is 4.74 Å². The van der Waals surface area contributed by atoms with E-state index in [4.69, 9.17) is 16.3 Å². The van der Waals surface area contributed by atoms with Gasteiger partial charge in [0.05, 0.1) is 0 Å². The highest BCUT2D eigenvalue weighted by molar-refractivity contribution is 7.18. The fourth-order valence-corrected chi connectivity index (χ4v) is 3.16. The number of ether oxygens (including phenoxy) is 1. The Labute approximate surface area is 126 Å². The predicted octanol–water partition coefficient (Wildman–Crippen LogP) is 4.49. The molecule has 0 N–H and O–H groups in total. The van der Waals surface area contributed by atoms with Crippen molar-refractivity contribution in [1.29, 1.82) is 0 Å². The van der Waals surface area contributed by atoms with Crippen molar-refractivity contribution in [3.8, 4) is 5.75 Å². The van der Waals surface area contributed by atoms with Gasteiger partial charge in [0.2, 0.25) is 0 Å². The van der Waals surface area contributed by atoms with Crippen molar-refractivity contribution in [3.63, 3.8) is 0 Å². The molecule has 3 nitrogen and oxygen atoms in total. The van der Waals surface area contributed by atoms with Crippen LogP contribution in [-0.2, 0) is 13.0 Å². The SMILES string of the molecule is CCc1cc2c(Cl)nc(COc3ccccc3)nc2s1. The number of thiophene rings is 1. The lowest BCUT2D eigenvalue weighted by Crippen LogP contribution is -2.01. The molecule has 0 aliphatic carbocycles. The molecule has 2 heterocycles. The van der Waals surface area contributed by atoms with Crippen LogP contribution in [0.4, 0.5) is 0 Å². The van der Waals surface area contributed by atoms with E-state index in [2.05, 4.69) is 23.0 Å². The van der Waals surface area contributed by atoms with Crippen LogP contribution in [0.5, 0.6) is 5.75 Å². The Kier molecular flexibility index (Phi) is 3.85. The molecule has 0 radical (unpaired) electrons. The second kappa shape index (κ2) is 5.77. The van der Waals surface area contributed by atoms with Gasteiger partial charge in [0.25, 0.3) is 0 Å². The Morgan fingerprint density at radius 3 is 2.75 bits per heavy atom. The van der Waals surface area contributed by atoms with Gasteiger partial charge in [-0.2, -0.15) is 0 Å². The van der Waals surface area contributed by atoms with Crippen molar-refractivity contribution < 1.29 is 4.74 Å². The number of rotatable bonds is 4. The monoisotopic (exact) mass is 304 g/mol. The van der Waals surface area contributed by atoms with Gasteiger partial charge < -0.3 is 4.74 Å². The van der Waals surface area contributed by atoms with Crippen LogP contribution in [0.1, 0.15) is 17.6 Å². The Morgan fingerprint density at radius 2 is 2.00 bits per heavy atom. The molecular weight excluding hydrogens is 292 g/mol. The largest absolute Gasteiger partial charge is 0.486 e. The fourth-order valence-electron chi connectivity index (χ4n) is 1.88. The summed E-state index contributed by atoms with van der Waals surface area (Å²) in [5.41, 5.74) is 0. The van der Waals surface area contributed by atoms with Crippen molar-refractivity contribution in [2.45, 2.75) is 20.0 Å². The Bertz CT molecular complexity index is 727. The van der Waals surface area contributed by atoms with Crippen LogP contribution in [0.3, 0.4) is 0 Å². The van der Waals surface area contributed by atoms with E-state index in [-0.39, 0.29) is 0 Å². The van der Waals surface area contributed by atoms with E-state index >= 15 is 0 Å². The summed E-state index contributed by atoms with van der Waals surface area (Å²) in [6.45, 7) is 2.44. The van der Waals surface area contributed by atoms with Gasteiger partial charge in [-0.3, -0.25) is 0 Å². The van der Waals surface area contributed by atoms with Gasteiger partial charge >= 0.3 is 0 Å². The first kappa shape index (κ1) is 13.3. The lowest BCUT2D eigenvalue weighted by Gasteiger charge is -2.05. The maximum Gasteiger partial charge on any atom is 0.169 e. The van der Waals surface area contributed by atoms with Gasteiger partial charge in [0.15, 0.2) is 5.82 Å². The van der Waals surface area contributed by atoms with E-state index in [0.717, 1.165) is 22.4 Å². The number of para-hydroxylation sites is 1. The molecule has 0 fully saturated rings. The van der Waals surface area contributed by atoms with Crippen LogP contribution in [-0.4, -0.2) is 9.97 Å². The first-order valence-electron chi connectivity index (χ1n) is 6.39. The molecule has 0 saturated carbocycles. The van der Waals surface area contributed by atoms with Crippen LogP contribution in [0.15, 0.2) is 36.4 Å². The molecule has 0 amide bonds. The zero-order chi connectivity index (χ0) is 13.9. The third-order valence-corrected chi connectivity index (χ3v) is 4.36. The number of nitrogens with zero attached hydrogens (tertiary/aromatic N) is 2. The minimum absolute atomic E-state index is 0.318. The average Bonchev–Trinajstić information content (AvgIpc) is 2.90. The predicted molar refractivity (Wildman–Crippen MR) is 82.6 cm³/mol. The number of halogens is 1. The van der Waals surface area contributed by atoms with Crippen LogP contribution in [0.25, 0.3) is 10.2 Å². The van der Waals surface area contributed by atoms with E-state index in [1.54, 1.807) is 11.3 Å². The third-order valence-electron chi connectivity index (χ3n) is 2.90. The molecule has 20 heavy (non-hydrogen) atoms. The second-order valence-corrected chi connectivity index (χ2v) is 5.79. The van der Waals surface area contributed by atoms with E-state index in [1.807, 2.05) is 30.3 Å². The van der Waals surface area contributed by atoms with Gasteiger partial charge in [-0.15, -0.1) is 11.3 Å². The zero-order valence-electron chi connectivity index (χ0n) is 11.0. The molecule has 0 unspecified atom stereocenters. The summed E-state index contributed by atoms with van der Waals surface area (Å²) < 4.78 is 5.65. The smallest absolute Gasteiger partial charge is 0.169 e. The topological polar surface area (TPSA) is 35.0 Å². The van der Waals surface area contributed by atoms with E-state index < -0.39 is 0 Å². The van der Waals surface area contributed by atoms with E-state index in [1.165, 1.54) is 4.88 Å². The normalized spacial score (nSPS) is 10.9. The number of aromatic nitrogens is 2. The summed E-state index contributed by atoms with van der Waals surface area (Å²) in [6, 6.07) is 11.7.